The zero-order valence-electron chi connectivity index (χ0n) is 23.8. The van der Waals surface area contributed by atoms with Crippen molar-refractivity contribution >= 4 is 29.3 Å². The highest BCUT2D eigenvalue weighted by Crippen LogP contribution is 2.40. The van der Waals surface area contributed by atoms with Crippen LogP contribution in [-0.4, -0.2) is 33.0 Å². The van der Waals surface area contributed by atoms with Gasteiger partial charge in [0.25, 0.3) is 5.91 Å². The van der Waals surface area contributed by atoms with Gasteiger partial charge in [-0.3, -0.25) is 4.79 Å². The predicted octanol–water partition coefficient (Wildman–Crippen LogP) is 6.99. The van der Waals surface area contributed by atoms with Crippen LogP contribution < -0.4 is 20.1 Å². The molecule has 3 aromatic carbocycles. The van der Waals surface area contributed by atoms with Crippen molar-refractivity contribution in [3.05, 3.63) is 101 Å². The largest absolute Gasteiger partial charge is 0.490 e. The molecule has 1 aromatic heterocycles. The minimum absolute atomic E-state index is 0.211. The second-order valence-electron chi connectivity index (χ2n) is 9.81. The van der Waals surface area contributed by atoms with Gasteiger partial charge in [0.1, 0.15) is 12.6 Å². The van der Waals surface area contributed by atoms with Crippen LogP contribution in [0.25, 0.3) is 0 Å². The molecule has 0 spiro atoms. The third-order valence-electron chi connectivity index (χ3n) is 6.61. The third kappa shape index (κ3) is 6.57. The van der Waals surface area contributed by atoms with Gasteiger partial charge in [-0.05, 0) is 68.1 Å². The molecule has 1 amide bonds. The number of hydrogen-bond donors (Lipinski definition) is 2. The fourth-order valence-electron chi connectivity index (χ4n) is 4.73. The van der Waals surface area contributed by atoms with Crippen molar-refractivity contribution in [3.63, 3.8) is 0 Å². The summed E-state index contributed by atoms with van der Waals surface area (Å²) in [5.41, 5.74) is 4.97. The first-order chi connectivity index (χ1) is 20.0. The topological polar surface area (TPSA) is 90.3 Å². The molecule has 212 valence electrons. The molecule has 0 bridgehead atoms. The van der Waals surface area contributed by atoms with E-state index in [9.17, 15) is 4.79 Å². The van der Waals surface area contributed by atoms with E-state index in [0.29, 0.717) is 41.4 Å². The lowest BCUT2D eigenvalue weighted by Crippen LogP contribution is -2.31. The van der Waals surface area contributed by atoms with E-state index in [1.54, 1.807) is 16.4 Å². The Bertz CT molecular complexity index is 1550. The van der Waals surface area contributed by atoms with Crippen LogP contribution in [0.4, 0.5) is 11.6 Å². The molecule has 0 saturated carbocycles. The first-order valence-electron chi connectivity index (χ1n) is 13.9. The molecule has 1 atom stereocenters. The highest BCUT2D eigenvalue weighted by Gasteiger charge is 2.35. The number of carbonyl (C=O) groups is 1. The van der Waals surface area contributed by atoms with Gasteiger partial charge >= 0.3 is 0 Å². The molecular weight excluding hydrogens is 534 g/mol. The highest BCUT2D eigenvalue weighted by molar-refractivity contribution is 7.99. The minimum Gasteiger partial charge on any atom is -0.490 e. The predicted molar refractivity (Wildman–Crippen MR) is 164 cm³/mol. The van der Waals surface area contributed by atoms with Crippen LogP contribution >= 0.6 is 11.8 Å². The Morgan fingerprint density at radius 1 is 1.00 bits per heavy atom. The number of amides is 1. The Morgan fingerprint density at radius 2 is 1.83 bits per heavy atom. The lowest BCUT2D eigenvalue weighted by atomic mass is 9.94. The van der Waals surface area contributed by atoms with Crippen molar-refractivity contribution in [3.8, 4) is 11.5 Å². The van der Waals surface area contributed by atoms with E-state index in [1.165, 1.54) is 0 Å². The van der Waals surface area contributed by atoms with E-state index in [-0.39, 0.29) is 5.91 Å². The minimum atomic E-state index is -0.526. The maximum Gasteiger partial charge on any atom is 0.255 e. The number of nitrogens with one attached hydrogen (secondary N) is 2. The molecule has 1 aliphatic heterocycles. The summed E-state index contributed by atoms with van der Waals surface area (Å²) in [5, 5.41) is 11.9. The molecule has 1 aliphatic rings. The first-order valence-corrected chi connectivity index (χ1v) is 14.8. The van der Waals surface area contributed by atoms with Crippen LogP contribution in [0.3, 0.4) is 0 Å². The van der Waals surface area contributed by atoms with Gasteiger partial charge in [0, 0.05) is 17.1 Å². The number of allylic oxidation sites excluding steroid dienone is 1. The van der Waals surface area contributed by atoms with Crippen molar-refractivity contribution < 1.29 is 14.3 Å². The fourth-order valence-corrected chi connectivity index (χ4v) is 5.41. The molecule has 0 aliphatic carbocycles. The maximum absolute atomic E-state index is 13.9. The van der Waals surface area contributed by atoms with Gasteiger partial charge in [-0.25, -0.2) is 4.68 Å². The van der Waals surface area contributed by atoms with E-state index in [4.69, 9.17) is 19.6 Å². The molecule has 41 heavy (non-hydrogen) atoms. The normalized spacial score (nSPS) is 14.3. The molecule has 0 radical (unpaired) electrons. The number of hydrogen-bond acceptors (Lipinski definition) is 7. The highest BCUT2D eigenvalue weighted by atomic mass is 32.2. The lowest BCUT2D eigenvalue weighted by Gasteiger charge is -2.29. The van der Waals surface area contributed by atoms with Gasteiger partial charge in [-0.15, -0.1) is 5.10 Å². The summed E-state index contributed by atoms with van der Waals surface area (Å²) in [4.78, 5) is 18.6. The molecular formula is C32H35N5O3S. The zero-order valence-corrected chi connectivity index (χ0v) is 24.6. The summed E-state index contributed by atoms with van der Waals surface area (Å²) in [6.07, 6.45) is 1.01. The maximum atomic E-state index is 13.9. The second-order valence-corrected chi connectivity index (χ2v) is 10.9. The first kappa shape index (κ1) is 28.3. The van der Waals surface area contributed by atoms with E-state index in [0.717, 1.165) is 40.2 Å². The molecule has 4 aromatic rings. The van der Waals surface area contributed by atoms with Gasteiger partial charge in [0.15, 0.2) is 11.5 Å². The SMILES string of the molecule is CCCSc1nc2n(n1)C(c1ccc(OCc3ccccc3)c(OCC)c1)C(C(=O)Nc1cccc(C)c1)=C(C)N2. The second kappa shape index (κ2) is 13.0. The molecule has 2 N–H and O–H groups in total. The quantitative estimate of drug-likeness (QED) is 0.188. The number of anilines is 2. The third-order valence-corrected chi connectivity index (χ3v) is 7.65. The van der Waals surface area contributed by atoms with Gasteiger partial charge in [-0.2, -0.15) is 4.98 Å². The van der Waals surface area contributed by atoms with E-state index in [1.807, 2.05) is 93.6 Å². The van der Waals surface area contributed by atoms with Crippen LogP contribution in [0.15, 0.2) is 89.2 Å². The molecule has 2 heterocycles. The number of nitrogens with zero attached hydrogens (tertiary/aromatic N) is 3. The van der Waals surface area contributed by atoms with Crippen molar-refractivity contribution in [2.75, 3.05) is 23.0 Å². The Balaban J connectivity index is 1.53. The number of rotatable bonds is 11. The molecule has 8 nitrogen and oxygen atoms in total. The van der Waals surface area contributed by atoms with Gasteiger partial charge < -0.3 is 20.1 Å². The lowest BCUT2D eigenvalue weighted by molar-refractivity contribution is -0.113. The van der Waals surface area contributed by atoms with E-state index >= 15 is 0 Å². The fraction of sp³-hybridized carbons (Fsp3) is 0.281. The molecule has 0 saturated heterocycles. The number of benzene rings is 3. The van der Waals surface area contributed by atoms with Crippen molar-refractivity contribution in [2.45, 2.75) is 51.9 Å². The Morgan fingerprint density at radius 3 is 2.59 bits per heavy atom. The van der Waals surface area contributed by atoms with Crippen molar-refractivity contribution in [1.29, 1.82) is 0 Å². The molecule has 1 unspecified atom stereocenters. The Kier molecular flexibility index (Phi) is 8.94. The number of fused-ring (bicyclic) bond motifs is 1. The molecule has 5 rings (SSSR count). The summed E-state index contributed by atoms with van der Waals surface area (Å²) in [6.45, 7) is 8.85. The number of thioether (sulfide) groups is 1. The van der Waals surface area contributed by atoms with Crippen molar-refractivity contribution in [1.82, 2.24) is 14.8 Å². The number of carbonyl (C=O) groups excluding carboxylic acids is 1. The monoisotopic (exact) mass is 569 g/mol. The van der Waals surface area contributed by atoms with Crippen LogP contribution in [0.5, 0.6) is 11.5 Å². The summed E-state index contributed by atoms with van der Waals surface area (Å²) in [5.74, 6) is 2.54. The average molecular weight is 570 g/mol. The molecule has 0 fully saturated rings. The van der Waals surface area contributed by atoms with Gasteiger partial charge in [0.05, 0.1) is 12.2 Å². The average Bonchev–Trinajstić information content (AvgIpc) is 3.37. The summed E-state index contributed by atoms with van der Waals surface area (Å²) < 4.78 is 14.0. The summed E-state index contributed by atoms with van der Waals surface area (Å²) in [6, 6.07) is 23.1. The number of ether oxygens (including phenoxy) is 2. The van der Waals surface area contributed by atoms with Crippen LogP contribution in [-0.2, 0) is 11.4 Å². The zero-order chi connectivity index (χ0) is 28.8. The smallest absolute Gasteiger partial charge is 0.255 e. The summed E-state index contributed by atoms with van der Waals surface area (Å²) >= 11 is 1.60. The number of aryl methyl sites for hydroxylation is 1. The van der Waals surface area contributed by atoms with Crippen LogP contribution in [0.2, 0.25) is 0 Å². The Hall–Kier alpha value is -4.24. The van der Waals surface area contributed by atoms with Gasteiger partial charge in [0.2, 0.25) is 11.1 Å². The molecule has 9 heteroatoms. The van der Waals surface area contributed by atoms with Crippen molar-refractivity contribution in [2.24, 2.45) is 0 Å². The Labute approximate surface area is 245 Å². The van der Waals surface area contributed by atoms with Crippen LogP contribution in [0.1, 0.15) is 49.9 Å². The van der Waals surface area contributed by atoms with Crippen LogP contribution in [0, 0.1) is 6.92 Å². The summed E-state index contributed by atoms with van der Waals surface area (Å²) in [7, 11) is 0. The van der Waals surface area contributed by atoms with E-state index < -0.39 is 6.04 Å². The standard InChI is InChI=1S/C32H35N5O3S/c1-5-17-41-32-35-31-33-22(4)28(30(38)34-25-14-10-11-21(3)18-25)29(37(31)36-32)24-15-16-26(27(19-24)39-6-2)40-20-23-12-8-7-9-13-23/h7-16,18-19,29H,5-6,17,20H2,1-4H3,(H,34,38)(H,33,35,36). The number of aromatic nitrogens is 3. The van der Waals surface area contributed by atoms with Gasteiger partial charge in [-0.1, -0.05) is 67.2 Å². The van der Waals surface area contributed by atoms with E-state index in [2.05, 4.69) is 17.6 Å².